The van der Waals surface area contributed by atoms with Crippen LogP contribution in [-0.2, 0) is 9.59 Å². The third-order valence-corrected chi connectivity index (χ3v) is 3.18. The third kappa shape index (κ3) is 2.04. The van der Waals surface area contributed by atoms with E-state index in [1.807, 2.05) is 6.92 Å². The lowest BCUT2D eigenvalue weighted by Crippen LogP contribution is -2.44. The van der Waals surface area contributed by atoms with Crippen molar-refractivity contribution in [2.75, 3.05) is 6.61 Å². The van der Waals surface area contributed by atoms with Crippen LogP contribution >= 0.6 is 0 Å². The highest BCUT2D eigenvalue weighted by atomic mass is 16.3. The zero-order valence-electron chi connectivity index (χ0n) is 9.78. The van der Waals surface area contributed by atoms with Crippen LogP contribution in [0.2, 0.25) is 0 Å². The van der Waals surface area contributed by atoms with Gasteiger partial charge < -0.3 is 5.11 Å². The highest BCUT2D eigenvalue weighted by Gasteiger charge is 2.47. The summed E-state index contributed by atoms with van der Waals surface area (Å²) in [5.41, 5.74) is -0.583. The molecule has 1 N–H and O–H groups in total. The molecule has 1 saturated heterocycles. The number of likely N-dealkylation sites (tertiary alicyclic amines) is 1. The molecule has 0 spiro atoms. The Morgan fingerprint density at radius 2 is 1.93 bits per heavy atom. The van der Waals surface area contributed by atoms with Crippen molar-refractivity contribution in [1.29, 1.82) is 0 Å². The number of carbonyl (C=O) groups is 2. The first-order valence-electron chi connectivity index (χ1n) is 5.28. The molecule has 4 nitrogen and oxygen atoms in total. The van der Waals surface area contributed by atoms with E-state index in [9.17, 15) is 9.59 Å². The fraction of sp³-hybridized carbons (Fsp3) is 0.818. The van der Waals surface area contributed by atoms with E-state index in [0.29, 0.717) is 0 Å². The molecule has 0 aromatic rings. The molecule has 1 aliphatic heterocycles. The van der Waals surface area contributed by atoms with Gasteiger partial charge in [0.05, 0.1) is 5.41 Å². The highest BCUT2D eigenvalue weighted by Crippen LogP contribution is 2.34. The molecule has 4 heteroatoms. The average Bonchev–Trinajstić information content (AvgIpc) is 2.34. The summed E-state index contributed by atoms with van der Waals surface area (Å²) in [6.07, 6.45) is 0.272. The first kappa shape index (κ1) is 12.2. The maximum Gasteiger partial charge on any atom is 0.235 e. The molecule has 0 radical (unpaired) electrons. The first-order chi connectivity index (χ1) is 6.81. The summed E-state index contributed by atoms with van der Waals surface area (Å²) in [5.74, 6) is -0.329. The second kappa shape index (κ2) is 3.93. The van der Waals surface area contributed by atoms with E-state index in [0.717, 1.165) is 0 Å². The van der Waals surface area contributed by atoms with Crippen molar-refractivity contribution < 1.29 is 14.7 Å². The maximum absolute atomic E-state index is 11.9. The average molecular weight is 213 g/mol. The number of imide groups is 1. The summed E-state index contributed by atoms with van der Waals surface area (Å²) in [6, 6.07) is -0.225. The number of aliphatic hydroxyl groups is 1. The second-order valence-corrected chi connectivity index (χ2v) is 5.03. The smallest absolute Gasteiger partial charge is 0.235 e. The number of aliphatic hydroxyl groups excluding tert-OH is 1. The molecule has 2 unspecified atom stereocenters. The molecule has 1 aliphatic rings. The molecule has 0 bridgehead atoms. The van der Waals surface area contributed by atoms with Gasteiger partial charge in [-0.2, -0.15) is 0 Å². The third-order valence-electron chi connectivity index (χ3n) is 3.18. The summed E-state index contributed by atoms with van der Waals surface area (Å²) in [5, 5.41) is 9.02. The van der Waals surface area contributed by atoms with E-state index in [1.165, 1.54) is 4.90 Å². The van der Waals surface area contributed by atoms with Gasteiger partial charge in [0, 0.05) is 19.1 Å². The van der Waals surface area contributed by atoms with Crippen LogP contribution in [0, 0.1) is 11.3 Å². The lowest BCUT2D eigenvalue weighted by Gasteiger charge is -2.28. The van der Waals surface area contributed by atoms with E-state index in [2.05, 4.69) is 0 Å². The van der Waals surface area contributed by atoms with Crippen LogP contribution < -0.4 is 0 Å². The number of nitrogens with zero attached hydrogens (tertiary/aromatic N) is 1. The zero-order chi connectivity index (χ0) is 11.8. The summed E-state index contributed by atoms with van der Waals surface area (Å²) in [7, 11) is 0. The fourth-order valence-corrected chi connectivity index (χ4v) is 1.80. The van der Waals surface area contributed by atoms with E-state index in [4.69, 9.17) is 5.11 Å². The Morgan fingerprint density at radius 3 is 2.27 bits per heavy atom. The normalized spacial score (nSPS) is 24.5. The number of amides is 2. The summed E-state index contributed by atoms with van der Waals surface area (Å²) in [6.45, 7) is 7.18. The van der Waals surface area contributed by atoms with Crippen LogP contribution in [0.3, 0.4) is 0 Å². The molecule has 2 atom stereocenters. The standard InChI is InChI=1S/C11H19NO3/c1-7(6-13)8(2)12-9(14)5-11(3,4)10(12)15/h7-8,13H,5-6H2,1-4H3. The molecule has 86 valence electrons. The van der Waals surface area contributed by atoms with Gasteiger partial charge in [0.25, 0.3) is 0 Å². The summed E-state index contributed by atoms with van der Waals surface area (Å²) < 4.78 is 0. The van der Waals surface area contributed by atoms with E-state index >= 15 is 0 Å². The Labute approximate surface area is 90.3 Å². The van der Waals surface area contributed by atoms with Crippen molar-refractivity contribution in [2.45, 2.75) is 40.2 Å². The molecule has 2 amide bonds. The molecule has 1 fully saturated rings. The lowest BCUT2D eigenvalue weighted by molar-refractivity contribution is -0.144. The second-order valence-electron chi connectivity index (χ2n) is 5.03. The SMILES string of the molecule is CC(CO)C(C)N1C(=O)CC(C)(C)C1=O. The van der Waals surface area contributed by atoms with Crippen molar-refractivity contribution in [3.63, 3.8) is 0 Å². The molecular weight excluding hydrogens is 194 g/mol. The van der Waals surface area contributed by atoms with Crippen LogP contribution in [0.25, 0.3) is 0 Å². The molecule has 15 heavy (non-hydrogen) atoms. The topological polar surface area (TPSA) is 57.6 Å². The van der Waals surface area contributed by atoms with Crippen LogP contribution in [-0.4, -0.2) is 34.5 Å². The minimum atomic E-state index is -0.583. The Balaban J connectivity index is 2.88. The van der Waals surface area contributed by atoms with Gasteiger partial charge in [-0.3, -0.25) is 14.5 Å². The zero-order valence-corrected chi connectivity index (χ0v) is 9.78. The lowest BCUT2D eigenvalue weighted by atomic mass is 9.92. The molecule has 1 rings (SSSR count). The predicted octanol–water partition coefficient (Wildman–Crippen LogP) is 0.788. The molecule has 0 aromatic heterocycles. The van der Waals surface area contributed by atoms with Gasteiger partial charge >= 0.3 is 0 Å². The largest absolute Gasteiger partial charge is 0.396 e. The Bertz CT molecular complexity index is 286. The predicted molar refractivity (Wildman–Crippen MR) is 56.0 cm³/mol. The first-order valence-corrected chi connectivity index (χ1v) is 5.28. The number of rotatable bonds is 3. The van der Waals surface area contributed by atoms with Gasteiger partial charge in [0.1, 0.15) is 0 Å². The Morgan fingerprint density at radius 1 is 1.40 bits per heavy atom. The molecule has 0 saturated carbocycles. The number of hydrogen-bond acceptors (Lipinski definition) is 3. The van der Waals surface area contributed by atoms with Crippen molar-refractivity contribution in [3.8, 4) is 0 Å². The number of carbonyl (C=O) groups excluding carboxylic acids is 2. The van der Waals surface area contributed by atoms with Gasteiger partial charge in [-0.1, -0.05) is 20.8 Å². The van der Waals surface area contributed by atoms with Gasteiger partial charge in [-0.25, -0.2) is 0 Å². The quantitative estimate of drug-likeness (QED) is 0.705. The van der Waals surface area contributed by atoms with Crippen molar-refractivity contribution in [3.05, 3.63) is 0 Å². The molecule has 0 aromatic carbocycles. The van der Waals surface area contributed by atoms with Crippen molar-refractivity contribution in [2.24, 2.45) is 11.3 Å². The van der Waals surface area contributed by atoms with Crippen molar-refractivity contribution in [1.82, 2.24) is 4.90 Å². The summed E-state index contributed by atoms with van der Waals surface area (Å²) >= 11 is 0. The van der Waals surface area contributed by atoms with Crippen LogP contribution in [0.15, 0.2) is 0 Å². The van der Waals surface area contributed by atoms with Crippen LogP contribution in [0.5, 0.6) is 0 Å². The minimum Gasteiger partial charge on any atom is -0.396 e. The van der Waals surface area contributed by atoms with Gasteiger partial charge in [-0.15, -0.1) is 0 Å². The highest BCUT2D eigenvalue weighted by molar-refractivity contribution is 6.05. The summed E-state index contributed by atoms with van der Waals surface area (Å²) in [4.78, 5) is 24.9. The number of hydrogen-bond donors (Lipinski definition) is 1. The van der Waals surface area contributed by atoms with E-state index < -0.39 is 5.41 Å². The molecule has 0 aliphatic carbocycles. The monoisotopic (exact) mass is 213 g/mol. The Hall–Kier alpha value is -0.900. The van der Waals surface area contributed by atoms with Gasteiger partial charge in [-0.05, 0) is 12.8 Å². The van der Waals surface area contributed by atoms with Gasteiger partial charge in [0.2, 0.25) is 11.8 Å². The Kier molecular flexibility index (Phi) is 3.19. The van der Waals surface area contributed by atoms with Crippen LogP contribution in [0.4, 0.5) is 0 Å². The van der Waals surface area contributed by atoms with Gasteiger partial charge in [0.15, 0.2) is 0 Å². The van der Waals surface area contributed by atoms with Crippen LogP contribution in [0.1, 0.15) is 34.1 Å². The molecule has 1 heterocycles. The van der Waals surface area contributed by atoms with Crippen molar-refractivity contribution >= 4 is 11.8 Å². The maximum atomic E-state index is 11.9. The van der Waals surface area contributed by atoms with E-state index in [1.54, 1.807) is 20.8 Å². The van der Waals surface area contributed by atoms with E-state index in [-0.39, 0.29) is 36.8 Å². The molecular formula is C11H19NO3. The fourth-order valence-electron chi connectivity index (χ4n) is 1.80. The minimum absolute atomic E-state index is 0.0152.